The Kier molecular flexibility index (Phi) is 6.15. The fourth-order valence-electron chi connectivity index (χ4n) is 3.20. The predicted octanol–water partition coefficient (Wildman–Crippen LogP) is 5.36. The molecule has 1 aliphatic heterocycles. The molecular formula is C21H22Br2N2O3. The Morgan fingerprint density at radius 3 is 2.00 bits per heavy atom. The fourth-order valence-corrected chi connectivity index (χ4v) is 3.73. The average molecular weight is 510 g/mol. The number of halogens is 2. The molecule has 0 unspecified atom stereocenters. The van der Waals surface area contributed by atoms with Crippen LogP contribution in [0.2, 0.25) is 0 Å². The second kappa shape index (κ2) is 8.25. The lowest BCUT2D eigenvalue weighted by Crippen LogP contribution is -2.54. The van der Waals surface area contributed by atoms with E-state index in [2.05, 4.69) is 37.2 Å². The zero-order valence-electron chi connectivity index (χ0n) is 15.9. The average Bonchev–Trinajstić information content (AvgIpc) is 2.61. The van der Waals surface area contributed by atoms with Crippen molar-refractivity contribution in [2.75, 3.05) is 6.54 Å². The van der Waals surface area contributed by atoms with Gasteiger partial charge < -0.3 is 10.1 Å². The van der Waals surface area contributed by atoms with Crippen LogP contribution in [0.1, 0.15) is 44.0 Å². The first-order valence-electron chi connectivity index (χ1n) is 8.94. The van der Waals surface area contributed by atoms with Crippen LogP contribution < -0.4 is 5.32 Å². The van der Waals surface area contributed by atoms with E-state index < -0.39 is 11.7 Å². The zero-order valence-corrected chi connectivity index (χ0v) is 19.1. The van der Waals surface area contributed by atoms with Crippen molar-refractivity contribution in [3.05, 3.63) is 68.6 Å². The van der Waals surface area contributed by atoms with Gasteiger partial charge in [-0.3, -0.25) is 9.69 Å². The van der Waals surface area contributed by atoms with Gasteiger partial charge >= 0.3 is 6.09 Å². The highest BCUT2D eigenvalue weighted by atomic mass is 79.9. The molecular weight excluding hydrogens is 488 g/mol. The largest absolute Gasteiger partial charge is 0.444 e. The maximum atomic E-state index is 12.9. The van der Waals surface area contributed by atoms with Crippen LogP contribution in [-0.2, 0) is 9.53 Å². The van der Waals surface area contributed by atoms with Gasteiger partial charge in [0.2, 0.25) is 5.91 Å². The van der Waals surface area contributed by atoms with Crippen molar-refractivity contribution in [3.63, 3.8) is 0 Å². The maximum Gasteiger partial charge on any atom is 0.411 e. The van der Waals surface area contributed by atoms with Gasteiger partial charge in [0.1, 0.15) is 12.1 Å². The third-order valence-electron chi connectivity index (χ3n) is 4.35. The number of rotatable bonds is 2. The standard InChI is InChI=1S/C21H22Br2N2O3/c1-21(2,3)28-20(27)25-12-17(26)24-18(13-4-8-15(22)9-5-13)19(25)14-6-10-16(23)11-7-14/h4-11,18-19H,12H2,1-3H3,(H,24,26)/t18-,19+/m0/s1. The predicted molar refractivity (Wildman–Crippen MR) is 115 cm³/mol. The van der Waals surface area contributed by atoms with E-state index in [4.69, 9.17) is 4.74 Å². The molecule has 28 heavy (non-hydrogen) atoms. The number of benzene rings is 2. The zero-order chi connectivity index (χ0) is 20.5. The molecule has 1 aliphatic rings. The van der Waals surface area contributed by atoms with E-state index in [1.807, 2.05) is 69.3 Å². The second-order valence-electron chi connectivity index (χ2n) is 7.70. The lowest BCUT2D eigenvalue weighted by Gasteiger charge is -2.42. The van der Waals surface area contributed by atoms with Gasteiger partial charge in [-0.05, 0) is 56.2 Å². The number of hydrogen-bond acceptors (Lipinski definition) is 3. The van der Waals surface area contributed by atoms with Crippen molar-refractivity contribution >= 4 is 43.9 Å². The molecule has 5 nitrogen and oxygen atoms in total. The molecule has 0 spiro atoms. The minimum atomic E-state index is -0.650. The summed E-state index contributed by atoms with van der Waals surface area (Å²) in [5, 5.41) is 3.05. The summed E-state index contributed by atoms with van der Waals surface area (Å²) in [7, 11) is 0. The number of nitrogens with one attached hydrogen (secondary N) is 1. The lowest BCUT2D eigenvalue weighted by molar-refractivity contribution is -0.127. The monoisotopic (exact) mass is 508 g/mol. The molecule has 0 aliphatic carbocycles. The molecule has 1 fully saturated rings. The summed E-state index contributed by atoms with van der Waals surface area (Å²) in [6.07, 6.45) is -0.502. The van der Waals surface area contributed by atoms with Crippen LogP contribution in [0, 0.1) is 0 Å². The van der Waals surface area contributed by atoms with E-state index in [1.165, 1.54) is 4.90 Å². The van der Waals surface area contributed by atoms with Crippen LogP contribution in [0.15, 0.2) is 57.5 Å². The Morgan fingerprint density at radius 2 is 1.50 bits per heavy atom. The quantitative estimate of drug-likeness (QED) is 0.592. The van der Waals surface area contributed by atoms with Gasteiger partial charge in [0.15, 0.2) is 0 Å². The maximum absolute atomic E-state index is 12.9. The third-order valence-corrected chi connectivity index (χ3v) is 5.41. The first kappa shape index (κ1) is 20.9. The van der Waals surface area contributed by atoms with E-state index >= 15 is 0 Å². The number of amides is 2. The normalized spacial score (nSPS) is 19.9. The van der Waals surface area contributed by atoms with Crippen LogP contribution in [0.4, 0.5) is 4.79 Å². The van der Waals surface area contributed by atoms with Gasteiger partial charge in [-0.15, -0.1) is 0 Å². The van der Waals surface area contributed by atoms with Crippen LogP contribution in [0.25, 0.3) is 0 Å². The Labute approximate surface area is 181 Å². The van der Waals surface area contributed by atoms with Crippen LogP contribution in [-0.4, -0.2) is 29.0 Å². The van der Waals surface area contributed by atoms with Crippen molar-refractivity contribution in [1.29, 1.82) is 0 Å². The van der Waals surface area contributed by atoms with Gasteiger partial charge in [0.05, 0.1) is 12.1 Å². The topological polar surface area (TPSA) is 58.6 Å². The van der Waals surface area contributed by atoms with Crippen LogP contribution in [0.3, 0.4) is 0 Å². The molecule has 1 heterocycles. The second-order valence-corrected chi connectivity index (χ2v) is 9.53. The summed E-state index contributed by atoms with van der Waals surface area (Å²) in [4.78, 5) is 26.9. The molecule has 2 aromatic rings. The van der Waals surface area contributed by atoms with Crippen molar-refractivity contribution in [2.45, 2.75) is 38.5 Å². The summed E-state index contributed by atoms with van der Waals surface area (Å²) in [6.45, 7) is 5.39. The molecule has 0 radical (unpaired) electrons. The van der Waals surface area contributed by atoms with E-state index in [0.717, 1.165) is 20.1 Å². The third kappa shape index (κ3) is 4.94. The molecule has 0 saturated carbocycles. The SMILES string of the molecule is CC(C)(C)OC(=O)N1CC(=O)N[C@@H](c2ccc(Br)cc2)[C@H]1c1ccc(Br)cc1. The van der Waals surface area contributed by atoms with E-state index in [1.54, 1.807) is 0 Å². The number of ether oxygens (including phenoxy) is 1. The van der Waals surface area contributed by atoms with Gasteiger partial charge in [0.25, 0.3) is 0 Å². The fraction of sp³-hybridized carbons (Fsp3) is 0.333. The summed E-state index contributed by atoms with van der Waals surface area (Å²) in [5.74, 6) is -0.216. The smallest absolute Gasteiger partial charge is 0.411 e. The summed E-state index contributed by atoms with van der Waals surface area (Å²) < 4.78 is 7.49. The van der Waals surface area contributed by atoms with Gasteiger partial charge in [-0.1, -0.05) is 56.1 Å². The van der Waals surface area contributed by atoms with E-state index in [9.17, 15) is 9.59 Å². The van der Waals surface area contributed by atoms with E-state index in [0.29, 0.717) is 0 Å². The highest BCUT2D eigenvalue weighted by Crippen LogP contribution is 2.38. The Bertz CT molecular complexity index is 861. The molecule has 2 atom stereocenters. The number of carbonyl (C=O) groups is 2. The van der Waals surface area contributed by atoms with Crippen molar-refractivity contribution in [3.8, 4) is 0 Å². The summed E-state index contributed by atoms with van der Waals surface area (Å²) >= 11 is 6.89. The Morgan fingerprint density at radius 1 is 1.00 bits per heavy atom. The van der Waals surface area contributed by atoms with Crippen molar-refractivity contribution in [2.24, 2.45) is 0 Å². The minimum absolute atomic E-state index is 0.0529. The van der Waals surface area contributed by atoms with Crippen LogP contribution >= 0.6 is 31.9 Å². The summed E-state index contributed by atoms with van der Waals surface area (Å²) in [6, 6.07) is 14.7. The highest BCUT2D eigenvalue weighted by Gasteiger charge is 2.41. The molecule has 2 aromatic carbocycles. The van der Waals surface area contributed by atoms with Gasteiger partial charge in [0, 0.05) is 8.95 Å². The lowest BCUT2D eigenvalue weighted by atomic mass is 9.90. The minimum Gasteiger partial charge on any atom is -0.444 e. The molecule has 7 heteroatoms. The van der Waals surface area contributed by atoms with E-state index in [-0.39, 0.29) is 24.5 Å². The van der Waals surface area contributed by atoms with Gasteiger partial charge in [-0.25, -0.2) is 4.79 Å². The first-order valence-corrected chi connectivity index (χ1v) is 10.5. The molecule has 0 bridgehead atoms. The summed E-state index contributed by atoms with van der Waals surface area (Å²) in [5.41, 5.74) is 1.18. The molecule has 0 aromatic heterocycles. The Balaban J connectivity index is 2.05. The van der Waals surface area contributed by atoms with Gasteiger partial charge in [-0.2, -0.15) is 0 Å². The molecule has 1 N–H and O–H groups in total. The van der Waals surface area contributed by atoms with Crippen molar-refractivity contribution < 1.29 is 14.3 Å². The number of hydrogen-bond donors (Lipinski definition) is 1. The molecule has 148 valence electrons. The molecule has 1 saturated heterocycles. The highest BCUT2D eigenvalue weighted by molar-refractivity contribution is 9.10. The first-order chi connectivity index (χ1) is 13.1. The number of nitrogens with zero attached hydrogens (tertiary/aromatic N) is 1. The van der Waals surface area contributed by atoms with Crippen LogP contribution in [0.5, 0.6) is 0 Å². The molecule has 3 rings (SSSR count). The Hall–Kier alpha value is -1.86. The van der Waals surface area contributed by atoms with Crippen molar-refractivity contribution in [1.82, 2.24) is 10.2 Å². The number of piperazine rings is 1. The molecule has 2 amide bonds. The number of carbonyl (C=O) groups excluding carboxylic acids is 2.